The van der Waals surface area contributed by atoms with Crippen molar-refractivity contribution in [1.82, 2.24) is 15.1 Å². The van der Waals surface area contributed by atoms with E-state index in [-0.39, 0.29) is 0 Å². The molecule has 5 heteroatoms. The molecule has 1 N–H and O–H groups in total. The molecule has 0 bridgehead atoms. The minimum Gasteiger partial charge on any atom is -0.361 e. The second-order valence-corrected chi connectivity index (χ2v) is 6.98. The van der Waals surface area contributed by atoms with E-state index in [0.717, 1.165) is 42.0 Å². The fraction of sp³-hybridized carbons (Fsp3) is 0.733. The first-order chi connectivity index (χ1) is 9.54. The summed E-state index contributed by atoms with van der Waals surface area (Å²) >= 11 is 1.86. The Bertz CT molecular complexity index is 464. The van der Waals surface area contributed by atoms with Crippen LogP contribution in [-0.4, -0.2) is 33.3 Å². The van der Waals surface area contributed by atoms with Crippen LogP contribution in [-0.2, 0) is 6.54 Å². The summed E-state index contributed by atoms with van der Waals surface area (Å²) in [5.41, 5.74) is 2.33. The predicted octanol–water partition coefficient (Wildman–Crippen LogP) is 3.00. The lowest BCUT2D eigenvalue weighted by Gasteiger charge is -2.11. The number of amidine groups is 1. The van der Waals surface area contributed by atoms with Gasteiger partial charge < -0.3 is 5.32 Å². The van der Waals surface area contributed by atoms with Crippen molar-refractivity contribution in [3.05, 3.63) is 17.5 Å². The van der Waals surface area contributed by atoms with Gasteiger partial charge in [-0.2, -0.15) is 5.10 Å². The maximum Gasteiger partial charge on any atom is 0.156 e. The first-order valence-electron chi connectivity index (χ1n) is 7.49. The Labute approximate surface area is 126 Å². The van der Waals surface area contributed by atoms with E-state index >= 15 is 0 Å². The molecule has 0 amide bonds. The van der Waals surface area contributed by atoms with Gasteiger partial charge in [-0.3, -0.25) is 9.67 Å². The van der Waals surface area contributed by atoms with Gasteiger partial charge in [-0.05, 0) is 38.7 Å². The van der Waals surface area contributed by atoms with Crippen LogP contribution in [0.5, 0.6) is 0 Å². The fourth-order valence-electron chi connectivity index (χ4n) is 2.53. The third kappa shape index (κ3) is 4.54. The van der Waals surface area contributed by atoms with Crippen molar-refractivity contribution in [1.29, 1.82) is 0 Å². The van der Waals surface area contributed by atoms with Gasteiger partial charge in [-0.25, -0.2) is 0 Å². The second-order valence-electron chi connectivity index (χ2n) is 5.97. The molecule has 0 radical (unpaired) electrons. The molecule has 1 fully saturated rings. The van der Waals surface area contributed by atoms with Crippen LogP contribution in [0.15, 0.2) is 11.1 Å². The number of aliphatic imine (C=N–C) groups is 1. The zero-order valence-corrected chi connectivity index (χ0v) is 13.8. The molecule has 20 heavy (non-hydrogen) atoms. The van der Waals surface area contributed by atoms with E-state index < -0.39 is 0 Å². The Morgan fingerprint density at radius 1 is 1.50 bits per heavy atom. The number of aryl methyl sites for hydroxylation is 3. The van der Waals surface area contributed by atoms with Crippen molar-refractivity contribution in [3.63, 3.8) is 0 Å². The smallest absolute Gasteiger partial charge is 0.156 e. The number of nitrogens with zero attached hydrogens (tertiary/aromatic N) is 3. The van der Waals surface area contributed by atoms with E-state index in [1.54, 1.807) is 0 Å². The zero-order valence-electron chi connectivity index (χ0n) is 13.0. The highest BCUT2D eigenvalue weighted by Gasteiger charge is 2.20. The third-order valence-electron chi connectivity index (χ3n) is 3.39. The number of hydrogen-bond donors (Lipinski definition) is 1. The molecule has 0 spiro atoms. The molecule has 1 saturated heterocycles. The lowest BCUT2D eigenvalue weighted by atomic mass is 10.1. The summed E-state index contributed by atoms with van der Waals surface area (Å²) in [4.78, 5) is 4.66. The molecule has 4 nitrogen and oxygen atoms in total. The molecule has 112 valence electrons. The minimum absolute atomic E-state index is 0.606. The molecule has 1 atom stereocenters. The lowest BCUT2D eigenvalue weighted by Crippen LogP contribution is -2.28. The number of rotatable bonds is 6. The highest BCUT2D eigenvalue weighted by Crippen LogP contribution is 2.19. The summed E-state index contributed by atoms with van der Waals surface area (Å²) in [5, 5.41) is 9.13. The second kappa shape index (κ2) is 7.16. The molecule has 1 aromatic heterocycles. The average Bonchev–Trinajstić information content (AvgIpc) is 2.91. The van der Waals surface area contributed by atoms with Gasteiger partial charge in [0.2, 0.25) is 0 Å². The summed E-state index contributed by atoms with van der Waals surface area (Å²) in [6, 6.07) is 2.73. The van der Waals surface area contributed by atoms with E-state index in [4.69, 9.17) is 0 Å². The van der Waals surface area contributed by atoms with Gasteiger partial charge in [0.25, 0.3) is 0 Å². The first kappa shape index (κ1) is 15.4. The van der Waals surface area contributed by atoms with Crippen molar-refractivity contribution in [2.24, 2.45) is 10.9 Å². The van der Waals surface area contributed by atoms with Gasteiger partial charge in [-0.1, -0.05) is 25.6 Å². The molecule has 1 aliphatic rings. The summed E-state index contributed by atoms with van der Waals surface area (Å²) < 4.78 is 2.08. The normalized spacial score (nSPS) is 20.9. The average molecular weight is 294 g/mol. The SMILES string of the molecule is Cc1cc(C)n(CCCN=C2NC(CC(C)C)CS2)n1. The summed E-state index contributed by atoms with van der Waals surface area (Å²) in [7, 11) is 0. The molecule has 0 aliphatic carbocycles. The Morgan fingerprint density at radius 3 is 2.95 bits per heavy atom. The molecule has 2 rings (SSSR count). The van der Waals surface area contributed by atoms with Crippen LogP contribution in [0.3, 0.4) is 0 Å². The van der Waals surface area contributed by atoms with Gasteiger partial charge in [0.05, 0.1) is 5.69 Å². The third-order valence-corrected chi connectivity index (χ3v) is 4.48. The van der Waals surface area contributed by atoms with Crippen molar-refractivity contribution >= 4 is 16.9 Å². The van der Waals surface area contributed by atoms with E-state index in [9.17, 15) is 0 Å². The molecular weight excluding hydrogens is 268 g/mol. The number of nitrogens with one attached hydrogen (secondary N) is 1. The van der Waals surface area contributed by atoms with Crippen molar-refractivity contribution in [2.75, 3.05) is 12.3 Å². The Hall–Kier alpha value is -0.970. The Kier molecular flexibility index (Phi) is 5.52. The van der Waals surface area contributed by atoms with Crippen LogP contribution in [0.25, 0.3) is 0 Å². The topological polar surface area (TPSA) is 42.2 Å². The fourth-order valence-corrected chi connectivity index (χ4v) is 3.54. The van der Waals surface area contributed by atoms with Crippen LogP contribution in [0.1, 0.15) is 38.1 Å². The van der Waals surface area contributed by atoms with Crippen LogP contribution >= 0.6 is 11.8 Å². The van der Waals surface area contributed by atoms with Crippen LogP contribution in [0.4, 0.5) is 0 Å². The van der Waals surface area contributed by atoms with E-state index in [2.05, 4.69) is 46.9 Å². The van der Waals surface area contributed by atoms with Gasteiger partial charge in [0.1, 0.15) is 0 Å². The molecule has 0 saturated carbocycles. The monoisotopic (exact) mass is 294 g/mol. The van der Waals surface area contributed by atoms with Gasteiger partial charge >= 0.3 is 0 Å². The van der Waals surface area contributed by atoms with Crippen LogP contribution in [0.2, 0.25) is 0 Å². The summed E-state index contributed by atoms with van der Waals surface area (Å²) in [6.07, 6.45) is 2.28. The summed E-state index contributed by atoms with van der Waals surface area (Å²) in [5.74, 6) is 1.91. The van der Waals surface area contributed by atoms with Gasteiger partial charge in [-0.15, -0.1) is 0 Å². The molecule has 1 aliphatic heterocycles. The molecule has 1 unspecified atom stereocenters. The van der Waals surface area contributed by atoms with E-state index in [1.807, 2.05) is 18.7 Å². The molecule has 2 heterocycles. The zero-order chi connectivity index (χ0) is 14.5. The Balaban J connectivity index is 1.71. The first-order valence-corrected chi connectivity index (χ1v) is 8.48. The van der Waals surface area contributed by atoms with Crippen molar-refractivity contribution in [2.45, 2.75) is 53.1 Å². The van der Waals surface area contributed by atoms with Crippen molar-refractivity contribution in [3.8, 4) is 0 Å². The molecular formula is C15H26N4S. The number of thioether (sulfide) groups is 1. The highest BCUT2D eigenvalue weighted by molar-refractivity contribution is 8.14. The van der Waals surface area contributed by atoms with Gasteiger partial charge in [0.15, 0.2) is 5.17 Å². The number of hydrogen-bond acceptors (Lipinski definition) is 3. The highest BCUT2D eigenvalue weighted by atomic mass is 32.2. The quantitative estimate of drug-likeness (QED) is 0.820. The maximum absolute atomic E-state index is 4.66. The minimum atomic E-state index is 0.606. The summed E-state index contributed by atoms with van der Waals surface area (Å²) in [6.45, 7) is 10.5. The van der Waals surface area contributed by atoms with E-state index in [0.29, 0.717) is 6.04 Å². The molecule has 0 aromatic carbocycles. The standard InChI is InChI=1S/C15H26N4S/c1-11(2)8-14-10-20-15(17-14)16-6-5-7-19-13(4)9-12(3)18-19/h9,11,14H,5-8,10H2,1-4H3,(H,16,17). The largest absolute Gasteiger partial charge is 0.361 e. The van der Waals surface area contributed by atoms with Crippen LogP contribution in [0, 0.1) is 19.8 Å². The van der Waals surface area contributed by atoms with Crippen LogP contribution < -0.4 is 5.32 Å². The van der Waals surface area contributed by atoms with E-state index in [1.165, 1.54) is 12.1 Å². The Morgan fingerprint density at radius 2 is 2.30 bits per heavy atom. The molecule has 1 aromatic rings. The van der Waals surface area contributed by atoms with Crippen molar-refractivity contribution < 1.29 is 0 Å². The predicted molar refractivity (Wildman–Crippen MR) is 87.5 cm³/mol. The number of aromatic nitrogens is 2. The lowest BCUT2D eigenvalue weighted by molar-refractivity contribution is 0.502. The maximum atomic E-state index is 4.66. The van der Waals surface area contributed by atoms with Gasteiger partial charge in [0, 0.05) is 30.6 Å².